The van der Waals surface area contributed by atoms with Gasteiger partial charge in [-0.15, -0.1) is 0 Å². The monoisotopic (exact) mass is 422 g/mol. The van der Waals surface area contributed by atoms with Gasteiger partial charge in [0.05, 0.1) is 6.61 Å². The summed E-state index contributed by atoms with van der Waals surface area (Å²) in [5.41, 5.74) is 4.94. The third-order valence-electron chi connectivity index (χ3n) is 6.95. The van der Waals surface area contributed by atoms with Crippen LogP contribution in [0.1, 0.15) is 59.4 Å². The van der Waals surface area contributed by atoms with Gasteiger partial charge in [0.25, 0.3) is 0 Å². The van der Waals surface area contributed by atoms with Gasteiger partial charge in [-0.1, -0.05) is 18.2 Å². The molecule has 0 unspecified atom stereocenters. The highest BCUT2D eigenvalue weighted by Crippen LogP contribution is 2.57. The zero-order chi connectivity index (χ0) is 21.5. The van der Waals surface area contributed by atoms with Crippen LogP contribution in [0.4, 0.5) is 5.69 Å². The molecule has 2 aliphatic carbocycles. The predicted molar refractivity (Wildman–Crippen MR) is 117 cm³/mol. The van der Waals surface area contributed by atoms with E-state index in [2.05, 4.69) is 29.5 Å². The van der Waals surface area contributed by atoms with Gasteiger partial charge >= 0.3 is 5.97 Å². The first kappa shape index (κ1) is 20.1. The number of anilines is 1. The number of hydrogen-bond acceptors (Lipinski definition) is 5. The second kappa shape index (κ2) is 8.02. The van der Waals surface area contributed by atoms with E-state index >= 15 is 0 Å². The highest BCUT2D eigenvalue weighted by Gasteiger charge is 2.50. The maximum Gasteiger partial charge on any atom is 0.359 e. The molecular formula is C24H30N4O3. The van der Waals surface area contributed by atoms with Gasteiger partial charge in [-0.2, -0.15) is 5.10 Å². The van der Waals surface area contributed by atoms with Crippen LogP contribution in [0.5, 0.6) is 0 Å². The Kier molecular flexibility index (Phi) is 5.20. The molecule has 3 aliphatic rings. The summed E-state index contributed by atoms with van der Waals surface area (Å²) in [6, 6.07) is 8.69. The third kappa shape index (κ3) is 3.82. The molecule has 1 N–H and O–H groups in total. The number of aryl methyl sites for hydroxylation is 1. The van der Waals surface area contributed by atoms with Crippen molar-refractivity contribution in [2.24, 2.45) is 5.92 Å². The van der Waals surface area contributed by atoms with Crippen molar-refractivity contribution >= 4 is 17.6 Å². The van der Waals surface area contributed by atoms with Crippen LogP contribution >= 0.6 is 0 Å². The molecule has 7 heteroatoms. The fourth-order valence-corrected chi connectivity index (χ4v) is 5.13. The summed E-state index contributed by atoms with van der Waals surface area (Å²) in [6.45, 7) is 5.92. The summed E-state index contributed by atoms with van der Waals surface area (Å²) in [4.78, 5) is 27.3. The Balaban J connectivity index is 1.22. The molecular weight excluding hydrogens is 392 g/mol. The van der Waals surface area contributed by atoms with E-state index < -0.39 is 0 Å². The fraction of sp³-hybridized carbons (Fsp3) is 0.542. The molecule has 5 rings (SSSR count). The van der Waals surface area contributed by atoms with Gasteiger partial charge in [-0.25, -0.2) is 4.79 Å². The van der Waals surface area contributed by atoms with E-state index in [0.29, 0.717) is 30.2 Å². The van der Waals surface area contributed by atoms with E-state index in [0.717, 1.165) is 50.0 Å². The molecule has 1 aromatic heterocycles. The van der Waals surface area contributed by atoms with Crippen molar-refractivity contribution in [1.82, 2.24) is 14.7 Å². The van der Waals surface area contributed by atoms with E-state index in [1.807, 2.05) is 17.0 Å². The number of carbonyl (C=O) groups is 2. The van der Waals surface area contributed by atoms with Crippen molar-refractivity contribution in [3.05, 3.63) is 46.8 Å². The molecule has 0 radical (unpaired) electrons. The number of ether oxygens (including phenoxy) is 1. The SMILES string of the molecule is CCOC(=O)c1nn(CC(=O)N2CCC(Nc3ccccc3C)CC2)c2c1[C@@H]1C[C@@H]1C2. The molecule has 1 saturated carbocycles. The summed E-state index contributed by atoms with van der Waals surface area (Å²) < 4.78 is 6.98. The average molecular weight is 423 g/mol. The van der Waals surface area contributed by atoms with E-state index in [1.165, 1.54) is 11.3 Å². The first-order valence-electron chi connectivity index (χ1n) is 11.4. The number of nitrogens with zero attached hydrogens (tertiary/aromatic N) is 3. The van der Waals surface area contributed by atoms with Gasteiger partial charge in [0.2, 0.25) is 5.91 Å². The smallest absolute Gasteiger partial charge is 0.359 e. The van der Waals surface area contributed by atoms with E-state index in [1.54, 1.807) is 11.6 Å². The van der Waals surface area contributed by atoms with Crippen LogP contribution in [0.3, 0.4) is 0 Å². The largest absolute Gasteiger partial charge is 0.461 e. The molecule has 7 nitrogen and oxygen atoms in total. The van der Waals surface area contributed by atoms with Crippen molar-refractivity contribution in [3.8, 4) is 0 Å². The number of benzene rings is 1. The number of amides is 1. The number of para-hydroxylation sites is 1. The van der Waals surface area contributed by atoms with Crippen molar-refractivity contribution in [2.75, 3.05) is 25.0 Å². The van der Waals surface area contributed by atoms with Crippen molar-refractivity contribution in [3.63, 3.8) is 0 Å². The van der Waals surface area contributed by atoms with E-state index in [-0.39, 0.29) is 18.4 Å². The second-order valence-electron chi connectivity index (χ2n) is 9.01. The molecule has 0 spiro atoms. The summed E-state index contributed by atoms with van der Waals surface area (Å²) >= 11 is 0. The van der Waals surface area contributed by atoms with Crippen molar-refractivity contribution in [2.45, 2.75) is 58.0 Å². The maximum atomic E-state index is 13.0. The Morgan fingerprint density at radius 1 is 1.23 bits per heavy atom. The maximum absolute atomic E-state index is 13.0. The zero-order valence-electron chi connectivity index (χ0n) is 18.3. The average Bonchev–Trinajstić information content (AvgIpc) is 3.29. The van der Waals surface area contributed by atoms with Crippen molar-refractivity contribution < 1.29 is 14.3 Å². The summed E-state index contributed by atoms with van der Waals surface area (Å²) in [5, 5.41) is 8.15. The Labute approximate surface area is 182 Å². The first-order chi connectivity index (χ1) is 15.0. The van der Waals surface area contributed by atoms with Crippen LogP contribution < -0.4 is 5.32 Å². The summed E-state index contributed by atoms with van der Waals surface area (Å²) in [7, 11) is 0. The van der Waals surface area contributed by atoms with Crippen LogP contribution in [0, 0.1) is 12.8 Å². The van der Waals surface area contributed by atoms with Crippen molar-refractivity contribution in [1.29, 1.82) is 0 Å². The lowest BCUT2D eigenvalue weighted by molar-refractivity contribution is -0.133. The van der Waals surface area contributed by atoms with Crippen LogP contribution in [0.15, 0.2) is 24.3 Å². The van der Waals surface area contributed by atoms with Gasteiger partial charge < -0.3 is 15.0 Å². The minimum absolute atomic E-state index is 0.0793. The third-order valence-corrected chi connectivity index (χ3v) is 6.95. The van der Waals surface area contributed by atoms with Crippen LogP contribution in [-0.4, -0.2) is 52.3 Å². The Bertz CT molecular complexity index is 1010. The number of esters is 1. The lowest BCUT2D eigenvalue weighted by Gasteiger charge is -2.33. The molecule has 1 saturated heterocycles. The fourth-order valence-electron chi connectivity index (χ4n) is 5.13. The predicted octanol–water partition coefficient (Wildman–Crippen LogP) is 3.13. The highest BCUT2D eigenvalue weighted by molar-refractivity contribution is 5.90. The van der Waals surface area contributed by atoms with Gasteiger partial charge in [-0.05, 0) is 63.0 Å². The molecule has 1 aromatic carbocycles. The van der Waals surface area contributed by atoms with E-state index in [9.17, 15) is 9.59 Å². The molecule has 2 heterocycles. The number of aromatic nitrogens is 2. The topological polar surface area (TPSA) is 76.5 Å². The molecule has 164 valence electrons. The molecule has 0 bridgehead atoms. The first-order valence-corrected chi connectivity index (χ1v) is 11.4. The minimum atomic E-state index is -0.361. The minimum Gasteiger partial charge on any atom is -0.461 e. The normalized spacial score (nSPS) is 22.1. The lowest BCUT2D eigenvalue weighted by atomic mass is 10.0. The van der Waals surface area contributed by atoms with Gasteiger partial charge in [0, 0.05) is 36.1 Å². The van der Waals surface area contributed by atoms with Crippen LogP contribution in [-0.2, 0) is 22.5 Å². The number of hydrogen-bond donors (Lipinski definition) is 1. The molecule has 31 heavy (non-hydrogen) atoms. The van der Waals surface area contributed by atoms with Gasteiger partial charge in [-0.3, -0.25) is 9.48 Å². The van der Waals surface area contributed by atoms with Gasteiger partial charge in [0.15, 0.2) is 5.69 Å². The zero-order valence-corrected chi connectivity index (χ0v) is 18.3. The quantitative estimate of drug-likeness (QED) is 0.724. The number of piperidine rings is 1. The number of rotatable bonds is 6. The van der Waals surface area contributed by atoms with Gasteiger partial charge in [0.1, 0.15) is 6.54 Å². The second-order valence-corrected chi connectivity index (χ2v) is 9.01. The molecule has 2 fully saturated rings. The summed E-state index contributed by atoms with van der Waals surface area (Å²) in [5.74, 6) is 0.767. The van der Waals surface area contributed by atoms with E-state index in [4.69, 9.17) is 4.74 Å². The Morgan fingerprint density at radius 2 is 2.00 bits per heavy atom. The highest BCUT2D eigenvalue weighted by atomic mass is 16.5. The number of carbonyl (C=O) groups excluding carboxylic acids is 2. The summed E-state index contributed by atoms with van der Waals surface area (Å²) in [6.07, 6.45) is 3.90. The number of nitrogens with one attached hydrogen (secondary N) is 1. The molecule has 2 aromatic rings. The van der Waals surface area contributed by atoms with Crippen LogP contribution in [0.2, 0.25) is 0 Å². The molecule has 1 aliphatic heterocycles. The molecule has 2 atom stereocenters. The Morgan fingerprint density at radius 3 is 2.74 bits per heavy atom. The molecule has 1 amide bonds. The lowest BCUT2D eigenvalue weighted by Crippen LogP contribution is -2.44. The standard InChI is InChI=1S/C24H30N4O3/c1-3-31-24(30)23-22-18-12-16(18)13-20(22)28(26-23)14-21(29)27-10-8-17(9-11-27)25-19-7-5-4-6-15(19)2/h4-7,16-18,25H,3,8-14H2,1-2H3/t16-,18-/m1/s1. The Hall–Kier alpha value is -2.83. The number of fused-ring (bicyclic) bond motifs is 3. The number of likely N-dealkylation sites (tertiary alicyclic amines) is 1. The van der Waals surface area contributed by atoms with Crippen LogP contribution in [0.25, 0.3) is 0 Å².